The summed E-state index contributed by atoms with van der Waals surface area (Å²) in [7, 11) is 0. The second-order valence-electron chi connectivity index (χ2n) is 4.56. The molecule has 1 nitrogen and oxygen atoms in total. The molecule has 3 rings (SSSR count). The molecule has 1 N–H and O–H groups in total. The van der Waals surface area contributed by atoms with Crippen molar-refractivity contribution in [2.45, 2.75) is 6.10 Å². The van der Waals surface area contributed by atoms with E-state index in [-0.39, 0.29) is 0 Å². The third-order valence-electron chi connectivity index (χ3n) is 3.25. The largest absolute Gasteiger partial charge is 0.384 e. The average molecular weight is 313 g/mol. The lowest BCUT2D eigenvalue weighted by atomic mass is 9.99. The minimum absolute atomic E-state index is 0.595. The number of aliphatic hydroxyl groups excluding tert-OH is 1. The van der Waals surface area contributed by atoms with Crippen LogP contribution in [-0.4, -0.2) is 5.11 Å². The van der Waals surface area contributed by atoms with Gasteiger partial charge in [0.25, 0.3) is 0 Å². The maximum absolute atomic E-state index is 10.5. The fraction of sp³-hybridized carbons (Fsp3) is 0.0588. The molecule has 0 radical (unpaired) electrons. The van der Waals surface area contributed by atoms with Gasteiger partial charge in [0.05, 0.1) is 0 Å². The normalized spacial score (nSPS) is 12.5. The molecular weight excluding hydrogens is 300 g/mol. The Bertz CT molecular complexity index is 721. The van der Waals surface area contributed by atoms with Crippen molar-refractivity contribution in [3.05, 3.63) is 82.3 Å². The number of aliphatic hydroxyl groups is 1. The Labute approximate surface area is 120 Å². The minimum atomic E-state index is -0.595. The van der Waals surface area contributed by atoms with E-state index in [9.17, 15) is 5.11 Å². The van der Waals surface area contributed by atoms with Crippen LogP contribution in [0, 0.1) is 0 Å². The Hall–Kier alpha value is -1.64. The number of rotatable bonds is 2. The first-order valence-electron chi connectivity index (χ1n) is 6.16. The van der Waals surface area contributed by atoms with Crippen molar-refractivity contribution in [2.24, 2.45) is 0 Å². The van der Waals surface area contributed by atoms with E-state index in [1.807, 2.05) is 54.6 Å². The Morgan fingerprint density at radius 1 is 0.737 bits per heavy atom. The van der Waals surface area contributed by atoms with Gasteiger partial charge in [-0.05, 0) is 40.1 Å². The summed E-state index contributed by atoms with van der Waals surface area (Å²) >= 11 is 3.43. The van der Waals surface area contributed by atoms with Gasteiger partial charge in [-0.15, -0.1) is 0 Å². The van der Waals surface area contributed by atoms with E-state index in [1.54, 1.807) is 0 Å². The first-order chi connectivity index (χ1) is 9.24. The number of halogens is 1. The van der Waals surface area contributed by atoms with Gasteiger partial charge in [-0.2, -0.15) is 0 Å². The van der Waals surface area contributed by atoms with E-state index in [1.165, 1.54) is 5.39 Å². The second-order valence-corrected chi connectivity index (χ2v) is 5.48. The summed E-state index contributed by atoms with van der Waals surface area (Å²) in [6.45, 7) is 0. The summed E-state index contributed by atoms with van der Waals surface area (Å²) in [6, 6.07) is 22.0. The topological polar surface area (TPSA) is 20.2 Å². The quantitative estimate of drug-likeness (QED) is 0.728. The Balaban J connectivity index is 2.04. The highest BCUT2D eigenvalue weighted by atomic mass is 79.9. The summed E-state index contributed by atoms with van der Waals surface area (Å²) in [4.78, 5) is 0. The zero-order valence-electron chi connectivity index (χ0n) is 10.3. The number of hydrogen-bond donors (Lipinski definition) is 1. The molecule has 0 saturated carbocycles. The van der Waals surface area contributed by atoms with Crippen LogP contribution in [0.2, 0.25) is 0 Å². The lowest BCUT2D eigenvalue weighted by Crippen LogP contribution is -1.99. The van der Waals surface area contributed by atoms with Gasteiger partial charge >= 0.3 is 0 Å². The molecule has 3 aromatic carbocycles. The van der Waals surface area contributed by atoms with Gasteiger partial charge in [-0.25, -0.2) is 0 Å². The van der Waals surface area contributed by atoms with E-state index in [0.29, 0.717) is 0 Å². The highest BCUT2D eigenvalue weighted by Gasteiger charge is 2.10. The molecule has 2 heteroatoms. The first kappa shape index (κ1) is 12.4. The van der Waals surface area contributed by atoms with Crippen molar-refractivity contribution < 1.29 is 5.11 Å². The Morgan fingerprint density at radius 2 is 1.47 bits per heavy atom. The third kappa shape index (κ3) is 2.55. The lowest BCUT2D eigenvalue weighted by molar-refractivity contribution is 0.220. The fourth-order valence-corrected chi connectivity index (χ4v) is 2.66. The SMILES string of the molecule is OC(c1cccc(Br)c1)c1ccc2ccccc2c1. The molecule has 0 saturated heterocycles. The van der Waals surface area contributed by atoms with Gasteiger partial charge in [-0.1, -0.05) is 64.5 Å². The van der Waals surface area contributed by atoms with Gasteiger partial charge in [0.15, 0.2) is 0 Å². The molecule has 1 atom stereocenters. The van der Waals surface area contributed by atoms with Crippen LogP contribution in [0.5, 0.6) is 0 Å². The predicted molar refractivity (Wildman–Crippen MR) is 82.2 cm³/mol. The van der Waals surface area contributed by atoms with Gasteiger partial charge in [-0.3, -0.25) is 0 Å². The second kappa shape index (κ2) is 5.16. The smallest absolute Gasteiger partial charge is 0.104 e. The van der Waals surface area contributed by atoms with E-state index in [4.69, 9.17) is 0 Å². The van der Waals surface area contributed by atoms with Crippen molar-refractivity contribution in [3.8, 4) is 0 Å². The van der Waals surface area contributed by atoms with Gasteiger partial charge < -0.3 is 5.11 Å². The molecule has 19 heavy (non-hydrogen) atoms. The first-order valence-corrected chi connectivity index (χ1v) is 6.95. The van der Waals surface area contributed by atoms with Crippen LogP contribution in [0.3, 0.4) is 0 Å². The Kier molecular flexibility index (Phi) is 3.36. The molecular formula is C17H13BrO. The number of hydrogen-bond acceptors (Lipinski definition) is 1. The van der Waals surface area contributed by atoms with Crippen LogP contribution in [0.25, 0.3) is 10.8 Å². The standard InChI is InChI=1S/C17H13BrO/c18-16-7-3-6-14(11-16)17(19)15-9-8-12-4-1-2-5-13(12)10-15/h1-11,17,19H. The number of benzene rings is 3. The van der Waals surface area contributed by atoms with Crippen molar-refractivity contribution in [1.82, 2.24) is 0 Å². The summed E-state index contributed by atoms with van der Waals surface area (Å²) in [6.07, 6.45) is -0.595. The molecule has 3 aromatic rings. The van der Waals surface area contributed by atoms with Crippen LogP contribution >= 0.6 is 15.9 Å². The van der Waals surface area contributed by atoms with Crippen molar-refractivity contribution in [2.75, 3.05) is 0 Å². The summed E-state index contributed by atoms with van der Waals surface area (Å²) in [5.41, 5.74) is 1.81. The van der Waals surface area contributed by atoms with Crippen molar-refractivity contribution >= 4 is 26.7 Å². The zero-order valence-corrected chi connectivity index (χ0v) is 11.8. The van der Waals surface area contributed by atoms with Crippen LogP contribution in [0.15, 0.2) is 71.2 Å². The van der Waals surface area contributed by atoms with Crippen LogP contribution < -0.4 is 0 Å². The van der Waals surface area contributed by atoms with Gasteiger partial charge in [0.1, 0.15) is 6.10 Å². The molecule has 94 valence electrons. The van der Waals surface area contributed by atoms with Crippen molar-refractivity contribution in [1.29, 1.82) is 0 Å². The zero-order chi connectivity index (χ0) is 13.2. The highest BCUT2D eigenvalue weighted by Crippen LogP contribution is 2.26. The summed E-state index contributed by atoms with van der Waals surface area (Å²) in [5.74, 6) is 0. The molecule has 0 aromatic heterocycles. The van der Waals surface area contributed by atoms with E-state index < -0.39 is 6.10 Å². The van der Waals surface area contributed by atoms with E-state index >= 15 is 0 Å². The molecule has 0 fully saturated rings. The molecule has 0 amide bonds. The van der Waals surface area contributed by atoms with E-state index in [2.05, 4.69) is 28.1 Å². The summed E-state index contributed by atoms with van der Waals surface area (Å²) < 4.78 is 0.977. The van der Waals surface area contributed by atoms with Crippen LogP contribution in [0.4, 0.5) is 0 Å². The van der Waals surface area contributed by atoms with E-state index in [0.717, 1.165) is 21.0 Å². The maximum Gasteiger partial charge on any atom is 0.104 e. The minimum Gasteiger partial charge on any atom is -0.384 e. The monoisotopic (exact) mass is 312 g/mol. The van der Waals surface area contributed by atoms with Crippen LogP contribution in [-0.2, 0) is 0 Å². The van der Waals surface area contributed by atoms with Crippen molar-refractivity contribution in [3.63, 3.8) is 0 Å². The molecule has 0 aliphatic rings. The molecule has 0 aliphatic heterocycles. The van der Waals surface area contributed by atoms with Gasteiger partial charge in [0.2, 0.25) is 0 Å². The number of fused-ring (bicyclic) bond motifs is 1. The lowest BCUT2D eigenvalue weighted by Gasteiger charge is -2.12. The molecule has 0 heterocycles. The van der Waals surface area contributed by atoms with Gasteiger partial charge in [0, 0.05) is 4.47 Å². The average Bonchev–Trinajstić information content (AvgIpc) is 2.46. The fourth-order valence-electron chi connectivity index (χ4n) is 2.25. The highest BCUT2D eigenvalue weighted by molar-refractivity contribution is 9.10. The molecule has 1 unspecified atom stereocenters. The molecule has 0 aliphatic carbocycles. The Morgan fingerprint density at radius 3 is 2.26 bits per heavy atom. The predicted octanol–water partition coefficient (Wildman–Crippen LogP) is 4.68. The third-order valence-corrected chi connectivity index (χ3v) is 3.75. The molecule has 0 bridgehead atoms. The maximum atomic E-state index is 10.5. The molecule has 0 spiro atoms. The van der Waals surface area contributed by atoms with Crippen LogP contribution in [0.1, 0.15) is 17.2 Å². The summed E-state index contributed by atoms with van der Waals surface area (Å²) in [5, 5.41) is 12.8.